The molecule has 64 valence electrons. The molecular formula is C8H8O4. The molecule has 0 saturated carbocycles. The van der Waals surface area contributed by atoms with Gasteiger partial charge in [-0.05, 0) is 6.92 Å². The summed E-state index contributed by atoms with van der Waals surface area (Å²) in [5.74, 6) is -2.47. The molecule has 12 heavy (non-hydrogen) atoms. The predicted molar refractivity (Wildman–Crippen MR) is 41.1 cm³/mol. The van der Waals surface area contributed by atoms with Crippen LogP contribution in [-0.4, -0.2) is 17.7 Å². The van der Waals surface area contributed by atoms with E-state index < -0.39 is 17.7 Å². The normalized spacial score (nSPS) is 8.42. The van der Waals surface area contributed by atoms with E-state index in [0.29, 0.717) is 0 Å². The monoisotopic (exact) mass is 168 g/mol. The third kappa shape index (κ3) is 2.92. The fourth-order valence-corrected chi connectivity index (χ4v) is 0.338. The maximum Gasteiger partial charge on any atom is 0.349 e. The summed E-state index contributed by atoms with van der Waals surface area (Å²) >= 11 is 0. The Morgan fingerprint density at radius 2 is 1.83 bits per heavy atom. The second-order valence-electron chi connectivity index (χ2n) is 1.95. The minimum absolute atomic E-state index is 0.356. The number of rotatable bonds is 3. The first-order valence-electron chi connectivity index (χ1n) is 3.07. The largest absolute Gasteiger partial charge is 0.386 e. The molecule has 0 radical (unpaired) electrons. The molecule has 0 bridgehead atoms. The highest BCUT2D eigenvalue weighted by molar-refractivity contribution is 6.18. The lowest BCUT2D eigenvalue weighted by Crippen LogP contribution is -2.15. The molecule has 0 atom stereocenters. The second kappa shape index (κ2) is 4.23. The molecule has 0 N–H and O–H groups in total. The van der Waals surface area contributed by atoms with Crippen LogP contribution in [0.4, 0.5) is 0 Å². The van der Waals surface area contributed by atoms with E-state index in [4.69, 9.17) is 0 Å². The van der Waals surface area contributed by atoms with Gasteiger partial charge in [-0.3, -0.25) is 4.79 Å². The highest BCUT2D eigenvalue weighted by atomic mass is 16.6. The molecule has 4 nitrogen and oxygen atoms in total. The van der Waals surface area contributed by atoms with Gasteiger partial charge in [-0.2, -0.15) is 0 Å². The van der Waals surface area contributed by atoms with Gasteiger partial charge in [-0.25, -0.2) is 9.59 Å². The summed E-state index contributed by atoms with van der Waals surface area (Å²) in [4.78, 5) is 31.7. The van der Waals surface area contributed by atoms with Gasteiger partial charge in [-0.1, -0.05) is 13.2 Å². The fourth-order valence-electron chi connectivity index (χ4n) is 0.338. The van der Waals surface area contributed by atoms with E-state index in [1.165, 1.54) is 0 Å². The van der Waals surface area contributed by atoms with E-state index >= 15 is 0 Å². The highest BCUT2D eigenvalue weighted by Crippen LogP contribution is 1.96. The number of esters is 2. The van der Waals surface area contributed by atoms with Crippen LogP contribution in [0.5, 0.6) is 0 Å². The summed E-state index contributed by atoms with van der Waals surface area (Å²) < 4.78 is 4.11. The van der Waals surface area contributed by atoms with Crippen LogP contribution >= 0.6 is 0 Å². The van der Waals surface area contributed by atoms with Crippen molar-refractivity contribution in [1.82, 2.24) is 0 Å². The molecule has 0 aromatic heterocycles. The number of hydrogen-bond acceptors (Lipinski definition) is 4. The van der Waals surface area contributed by atoms with Gasteiger partial charge in [0, 0.05) is 6.08 Å². The van der Waals surface area contributed by atoms with E-state index in [-0.39, 0.29) is 5.57 Å². The molecule has 0 aromatic rings. The molecule has 0 saturated heterocycles. The lowest BCUT2D eigenvalue weighted by Gasteiger charge is -1.98. The molecule has 0 heterocycles. The van der Waals surface area contributed by atoms with Crippen molar-refractivity contribution in [1.29, 1.82) is 0 Å². The number of carbonyl (C=O) groups excluding carboxylic acids is 3. The van der Waals surface area contributed by atoms with Crippen molar-refractivity contribution >= 4 is 17.7 Å². The topological polar surface area (TPSA) is 60.4 Å². The summed E-state index contributed by atoms with van der Waals surface area (Å²) in [5.41, 5.74) is -0.356. The number of ether oxygens (including phenoxy) is 1. The Kier molecular flexibility index (Phi) is 3.62. The van der Waals surface area contributed by atoms with Gasteiger partial charge in [0.05, 0.1) is 5.57 Å². The minimum atomic E-state index is -1.03. The minimum Gasteiger partial charge on any atom is -0.386 e. The predicted octanol–water partition coefficient (Wildman–Crippen LogP) is 0.387. The van der Waals surface area contributed by atoms with Gasteiger partial charge < -0.3 is 4.74 Å². The molecular weight excluding hydrogens is 160 g/mol. The van der Waals surface area contributed by atoms with Gasteiger partial charge in [0.1, 0.15) is 0 Å². The van der Waals surface area contributed by atoms with Crippen LogP contribution in [0.1, 0.15) is 6.92 Å². The van der Waals surface area contributed by atoms with Crippen molar-refractivity contribution in [3.8, 4) is 0 Å². The molecule has 0 aliphatic rings. The molecule has 0 spiro atoms. The van der Waals surface area contributed by atoms with Gasteiger partial charge in [0.25, 0.3) is 0 Å². The molecule has 0 amide bonds. The van der Waals surface area contributed by atoms with Crippen molar-refractivity contribution in [3.05, 3.63) is 24.8 Å². The summed E-state index contributed by atoms with van der Waals surface area (Å²) in [7, 11) is 0. The maximum absolute atomic E-state index is 10.7. The molecule has 0 aliphatic carbocycles. The van der Waals surface area contributed by atoms with Crippen molar-refractivity contribution in [2.24, 2.45) is 0 Å². The standard InChI is InChI=1S/C8H8O4/c1-4-7(10)12-8(11)5(2)6(3)9/h4H,1-2H2,3H3. The number of ketones is 1. The first kappa shape index (κ1) is 10.3. The molecule has 0 aliphatic heterocycles. The second-order valence-corrected chi connectivity index (χ2v) is 1.95. The van der Waals surface area contributed by atoms with Crippen LogP contribution in [0.2, 0.25) is 0 Å². The van der Waals surface area contributed by atoms with Gasteiger partial charge >= 0.3 is 11.9 Å². The molecule has 4 heteroatoms. The zero-order valence-electron chi connectivity index (χ0n) is 6.62. The van der Waals surface area contributed by atoms with Crippen molar-refractivity contribution in [3.63, 3.8) is 0 Å². The SMILES string of the molecule is C=CC(=O)OC(=O)C(=C)C(C)=O. The Labute approximate surface area is 69.5 Å². The van der Waals surface area contributed by atoms with Crippen molar-refractivity contribution < 1.29 is 19.1 Å². The lowest BCUT2D eigenvalue weighted by atomic mass is 10.2. The average molecular weight is 168 g/mol. The third-order valence-electron chi connectivity index (χ3n) is 1.03. The average Bonchev–Trinajstić information content (AvgIpc) is 2.02. The van der Waals surface area contributed by atoms with Gasteiger partial charge in [0.2, 0.25) is 0 Å². The Hall–Kier alpha value is -1.71. The van der Waals surface area contributed by atoms with E-state index in [0.717, 1.165) is 13.0 Å². The Morgan fingerprint density at radius 1 is 1.33 bits per heavy atom. The van der Waals surface area contributed by atoms with Crippen molar-refractivity contribution in [2.75, 3.05) is 0 Å². The zero-order chi connectivity index (χ0) is 9.72. The zero-order valence-corrected chi connectivity index (χ0v) is 6.62. The molecule has 0 aromatic carbocycles. The Bertz CT molecular complexity index is 262. The van der Waals surface area contributed by atoms with E-state index in [2.05, 4.69) is 17.9 Å². The molecule has 0 unspecified atom stereocenters. The number of Topliss-reactive ketones (excluding diaryl/α,β-unsaturated/α-hetero) is 1. The van der Waals surface area contributed by atoms with Gasteiger partial charge in [0.15, 0.2) is 5.78 Å². The number of carbonyl (C=O) groups is 3. The van der Waals surface area contributed by atoms with Crippen LogP contribution in [0.15, 0.2) is 24.8 Å². The van der Waals surface area contributed by atoms with E-state index in [1.54, 1.807) is 0 Å². The summed E-state index contributed by atoms with van der Waals surface area (Å²) in [6.45, 7) is 7.36. The first-order valence-corrected chi connectivity index (χ1v) is 3.07. The molecule has 0 fully saturated rings. The smallest absolute Gasteiger partial charge is 0.349 e. The Balaban J connectivity index is 4.23. The Morgan fingerprint density at radius 3 is 2.17 bits per heavy atom. The summed E-state index contributed by atoms with van der Waals surface area (Å²) in [5, 5.41) is 0. The van der Waals surface area contributed by atoms with Crippen LogP contribution < -0.4 is 0 Å². The van der Waals surface area contributed by atoms with E-state index in [1.807, 2.05) is 0 Å². The van der Waals surface area contributed by atoms with Crippen LogP contribution in [0.3, 0.4) is 0 Å². The van der Waals surface area contributed by atoms with E-state index in [9.17, 15) is 14.4 Å². The lowest BCUT2D eigenvalue weighted by molar-refractivity contribution is -0.153. The summed E-state index contributed by atoms with van der Waals surface area (Å²) in [6.07, 6.45) is 0.825. The quantitative estimate of drug-likeness (QED) is 0.264. The van der Waals surface area contributed by atoms with Gasteiger partial charge in [-0.15, -0.1) is 0 Å². The number of hydrogen-bond donors (Lipinski definition) is 0. The fraction of sp³-hybridized carbons (Fsp3) is 0.125. The summed E-state index contributed by atoms with van der Waals surface area (Å²) in [6, 6.07) is 0. The van der Waals surface area contributed by atoms with Crippen LogP contribution in [0, 0.1) is 0 Å². The van der Waals surface area contributed by atoms with Crippen LogP contribution in [-0.2, 0) is 19.1 Å². The third-order valence-corrected chi connectivity index (χ3v) is 1.03. The first-order chi connectivity index (χ1) is 5.49. The van der Waals surface area contributed by atoms with Crippen LogP contribution in [0.25, 0.3) is 0 Å². The highest BCUT2D eigenvalue weighted by Gasteiger charge is 2.15. The molecule has 0 rings (SSSR count). The maximum atomic E-state index is 10.7. The van der Waals surface area contributed by atoms with Crippen molar-refractivity contribution in [2.45, 2.75) is 6.92 Å².